The van der Waals surface area contributed by atoms with Crippen molar-refractivity contribution in [1.29, 1.82) is 0 Å². The minimum atomic E-state index is 0.839. The molecule has 0 saturated heterocycles. The van der Waals surface area contributed by atoms with E-state index in [2.05, 4.69) is 126 Å². The molecule has 0 fully saturated rings. The maximum Gasteiger partial charge on any atom is 0.0963 e. The smallest absolute Gasteiger partial charge is 0.0963 e. The summed E-state index contributed by atoms with van der Waals surface area (Å²) >= 11 is 0. The van der Waals surface area contributed by atoms with Gasteiger partial charge in [0.15, 0.2) is 0 Å². The van der Waals surface area contributed by atoms with Gasteiger partial charge in [-0.05, 0) is 93.3 Å². The van der Waals surface area contributed by atoms with Crippen LogP contribution in [0.2, 0.25) is 0 Å². The molecule has 0 spiro atoms. The molecule has 9 aromatic rings. The fourth-order valence-corrected chi connectivity index (χ4v) is 6.65. The normalized spacial score (nSPS) is 11.6. The highest BCUT2D eigenvalue weighted by molar-refractivity contribution is 6.12. The number of aromatic nitrogens is 4. The van der Waals surface area contributed by atoms with E-state index >= 15 is 0 Å². The molecule has 0 aliphatic carbocycles. The highest BCUT2D eigenvalue weighted by Crippen LogP contribution is 2.39. The van der Waals surface area contributed by atoms with Crippen LogP contribution < -0.4 is 0 Å². The Balaban J connectivity index is 1.31. The third-order valence-electron chi connectivity index (χ3n) is 8.65. The van der Waals surface area contributed by atoms with Gasteiger partial charge in [-0.25, -0.2) is 4.98 Å². The minimum Gasteiger partial charge on any atom is -0.308 e. The lowest BCUT2D eigenvalue weighted by Gasteiger charge is -2.15. The summed E-state index contributed by atoms with van der Waals surface area (Å²) in [5, 5.41) is 5.89. The quantitative estimate of drug-likeness (QED) is 0.196. The Morgan fingerprint density at radius 2 is 1.11 bits per heavy atom. The Bertz CT molecular complexity index is 2440. The van der Waals surface area contributed by atoms with E-state index in [1.165, 1.54) is 21.5 Å². The zero-order chi connectivity index (χ0) is 29.7. The second-order valence-corrected chi connectivity index (χ2v) is 11.3. The van der Waals surface area contributed by atoms with Crippen molar-refractivity contribution in [3.05, 3.63) is 158 Å². The van der Waals surface area contributed by atoms with E-state index in [0.717, 1.165) is 61.4 Å². The van der Waals surface area contributed by atoms with E-state index in [0.29, 0.717) is 0 Å². The second-order valence-electron chi connectivity index (χ2n) is 11.3. The van der Waals surface area contributed by atoms with E-state index in [1.807, 2.05) is 36.7 Å². The molecule has 0 unspecified atom stereocenters. The first kappa shape index (κ1) is 25.4. The summed E-state index contributed by atoms with van der Waals surface area (Å²) in [5.41, 5.74) is 10.2. The maximum atomic E-state index is 5.28. The summed E-state index contributed by atoms with van der Waals surface area (Å²) < 4.78 is 2.31. The highest BCUT2D eigenvalue weighted by atomic mass is 15.0. The molecule has 0 radical (unpaired) electrons. The van der Waals surface area contributed by atoms with Crippen molar-refractivity contribution in [1.82, 2.24) is 19.5 Å². The van der Waals surface area contributed by atoms with Gasteiger partial charge in [0.25, 0.3) is 0 Å². The minimum absolute atomic E-state index is 0.839. The van der Waals surface area contributed by atoms with E-state index in [-0.39, 0.29) is 0 Å². The lowest BCUT2D eigenvalue weighted by atomic mass is 9.93. The van der Waals surface area contributed by atoms with Gasteiger partial charge in [0.2, 0.25) is 0 Å². The number of para-hydroxylation sites is 1. The Labute approximate surface area is 259 Å². The molecule has 4 aromatic heterocycles. The summed E-state index contributed by atoms with van der Waals surface area (Å²) in [4.78, 5) is 14.7. The van der Waals surface area contributed by atoms with Crippen LogP contribution in [0.4, 0.5) is 0 Å². The van der Waals surface area contributed by atoms with Gasteiger partial charge >= 0.3 is 0 Å². The first-order valence-corrected chi connectivity index (χ1v) is 15.1. The molecule has 0 saturated carbocycles. The van der Waals surface area contributed by atoms with E-state index in [9.17, 15) is 0 Å². The molecule has 0 bridgehead atoms. The molecule has 0 N–H and O–H groups in total. The van der Waals surface area contributed by atoms with E-state index < -0.39 is 0 Å². The standard InChI is InChI=1S/C41H26N4/c1-3-15-32-28(11-1)23-29-12-2-4-16-33(29)40(32)37-26-30(25-36(44-37)35-18-7-8-21-42-35)27-13-9-14-31(24-27)45-38-19-6-5-17-34(38)41-39(45)20-10-22-43-41/h1-26H. The van der Waals surface area contributed by atoms with Crippen molar-refractivity contribution in [2.75, 3.05) is 0 Å². The summed E-state index contributed by atoms with van der Waals surface area (Å²) in [6.07, 6.45) is 3.69. The van der Waals surface area contributed by atoms with Crippen LogP contribution in [0.3, 0.4) is 0 Å². The van der Waals surface area contributed by atoms with Gasteiger partial charge in [-0.3, -0.25) is 9.97 Å². The number of pyridine rings is 3. The third kappa shape index (κ3) is 4.19. The number of nitrogens with zero attached hydrogens (tertiary/aromatic N) is 4. The Hall–Kier alpha value is -6.13. The number of benzene rings is 5. The van der Waals surface area contributed by atoms with Gasteiger partial charge in [-0.1, -0.05) is 84.9 Å². The molecule has 0 amide bonds. The van der Waals surface area contributed by atoms with Crippen molar-refractivity contribution < 1.29 is 0 Å². The average Bonchev–Trinajstić information content (AvgIpc) is 3.45. The first-order valence-electron chi connectivity index (χ1n) is 15.1. The number of fused-ring (bicyclic) bond motifs is 5. The van der Waals surface area contributed by atoms with Gasteiger partial charge in [-0.15, -0.1) is 0 Å². The molecular weight excluding hydrogens is 548 g/mol. The molecule has 4 heterocycles. The number of hydrogen-bond acceptors (Lipinski definition) is 3. The Kier molecular flexibility index (Phi) is 5.78. The summed E-state index contributed by atoms with van der Waals surface area (Å²) in [6, 6.07) is 51.2. The van der Waals surface area contributed by atoms with Crippen molar-refractivity contribution in [3.63, 3.8) is 0 Å². The van der Waals surface area contributed by atoms with Gasteiger partial charge in [0.1, 0.15) is 0 Å². The van der Waals surface area contributed by atoms with Gasteiger partial charge in [0, 0.05) is 29.0 Å². The van der Waals surface area contributed by atoms with Crippen LogP contribution >= 0.6 is 0 Å². The first-order chi connectivity index (χ1) is 22.3. The maximum absolute atomic E-state index is 5.28. The third-order valence-corrected chi connectivity index (χ3v) is 8.65. The van der Waals surface area contributed by atoms with Crippen LogP contribution in [0.5, 0.6) is 0 Å². The van der Waals surface area contributed by atoms with Crippen LogP contribution in [-0.2, 0) is 0 Å². The predicted octanol–water partition coefficient (Wildman–Crippen LogP) is 10.3. The molecule has 9 rings (SSSR count). The van der Waals surface area contributed by atoms with Crippen molar-refractivity contribution in [2.24, 2.45) is 0 Å². The summed E-state index contributed by atoms with van der Waals surface area (Å²) in [5.74, 6) is 0. The van der Waals surface area contributed by atoms with Crippen molar-refractivity contribution >= 4 is 43.5 Å². The highest BCUT2D eigenvalue weighted by Gasteiger charge is 2.17. The van der Waals surface area contributed by atoms with Crippen molar-refractivity contribution in [3.8, 4) is 39.5 Å². The molecule has 0 atom stereocenters. The molecule has 45 heavy (non-hydrogen) atoms. The monoisotopic (exact) mass is 574 g/mol. The van der Waals surface area contributed by atoms with E-state index in [4.69, 9.17) is 15.0 Å². The molecule has 210 valence electrons. The zero-order valence-corrected chi connectivity index (χ0v) is 24.3. The number of rotatable bonds is 4. The van der Waals surface area contributed by atoms with E-state index in [1.54, 1.807) is 0 Å². The van der Waals surface area contributed by atoms with Crippen molar-refractivity contribution in [2.45, 2.75) is 0 Å². The van der Waals surface area contributed by atoms with Crippen LogP contribution in [-0.4, -0.2) is 19.5 Å². The lowest BCUT2D eigenvalue weighted by Crippen LogP contribution is -1.96. The Morgan fingerprint density at radius 1 is 0.422 bits per heavy atom. The van der Waals surface area contributed by atoms with Gasteiger partial charge < -0.3 is 4.57 Å². The van der Waals surface area contributed by atoms with Crippen LogP contribution in [0.25, 0.3) is 82.9 Å². The fraction of sp³-hybridized carbons (Fsp3) is 0. The Morgan fingerprint density at radius 3 is 1.91 bits per heavy atom. The molecule has 5 aromatic carbocycles. The molecule has 4 heteroatoms. The average molecular weight is 575 g/mol. The number of hydrogen-bond donors (Lipinski definition) is 0. The van der Waals surface area contributed by atoms with Crippen LogP contribution in [0.1, 0.15) is 0 Å². The fourth-order valence-electron chi connectivity index (χ4n) is 6.65. The lowest BCUT2D eigenvalue weighted by molar-refractivity contribution is 1.17. The topological polar surface area (TPSA) is 43.6 Å². The zero-order valence-electron chi connectivity index (χ0n) is 24.3. The van der Waals surface area contributed by atoms with Crippen LogP contribution in [0, 0.1) is 0 Å². The van der Waals surface area contributed by atoms with Crippen LogP contribution in [0.15, 0.2) is 158 Å². The summed E-state index contributed by atoms with van der Waals surface area (Å²) in [7, 11) is 0. The SMILES string of the molecule is c1ccc(-c2cc(-c3cccc(-n4c5ccccc5c5ncccc54)c3)cc(-c3c4ccccc4cc4ccccc34)n2)nc1. The van der Waals surface area contributed by atoms with Gasteiger partial charge in [-0.2, -0.15) is 0 Å². The molecule has 0 aliphatic heterocycles. The molecular formula is C41H26N4. The molecule has 4 nitrogen and oxygen atoms in total. The predicted molar refractivity (Wildman–Crippen MR) is 185 cm³/mol. The largest absolute Gasteiger partial charge is 0.308 e. The molecule has 0 aliphatic rings. The van der Waals surface area contributed by atoms with Gasteiger partial charge in [0.05, 0.1) is 33.6 Å². The second kappa shape index (κ2) is 10.2. The summed E-state index contributed by atoms with van der Waals surface area (Å²) in [6.45, 7) is 0.